The van der Waals surface area contributed by atoms with Crippen molar-refractivity contribution in [2.24, 2.45) is 5.92 Å². The van der Waals surface area contributed by atoms with Crippen LogP contribution in [0.1, 0.15) is 32.1 Å². The van der Waals surface area contributed by atoms with E-state index in [0.717, 1.165) is 12.8 Å². The van der Waals surface area contributed by atoms with Crippen molar-refractivity contribution >= 4 is 11.9 Å². The summed E-state index contributed by atoms with van der Waals surface area (Å²) in [6.07, 6.45) is 3.28. The molecule has 120 valence electrons. The van der Waals surface area contributed by atoms with Crippen LogP contribution in [0.15, 0.2) is 24.3 Å². The molecular formula is C16H20FNO4. The van der Waals surface area contributed by atoms with E-state index in [9.17, 15) is 14.0 Å². The molecule has 1 aliphatic rings. The molecule has 0 aliphatic heterocycles. The smallest absolute Gasteiger partial charge is 0.326 e. The van der Waals surface area contributed by atoms with Crippen molar-refractivity contribution in [3.05, 3.63) is 30.1 Å². The van der Waals surface area contributed by atoms with E-state index in [2.05, 4.69) is 5.32 Å². The molecule has 6 heteroatoms. The van der Waals surface area contributed by atoms with E-state index in [1.807, 2.05) is 0 Å². The first-order valence-corrected chi connectivity index (χ1v) is 7.45. The van der Waals surface area contributed by atoms with Gasteiger partial charge in [-0.05, 0) is 43.0 Å². The van der Waals surface area contributed by atoms with E-state index in [-0.39, 0.29) is 18.1 Å². The number of hydrogen-bond donors (Lipinski definition) is 2. The number of carboxylic acid groups (broad SMARTS) is 1. The first kappa shape index (κ1) is 16.3. The normalized spacial score (nSPS) is 15.1. The number of amides is 1. The highest BCUT2D eigenvalue weighted by atomic mass is 19.1. The lowest BCUT2D eigenvalue weighted by molar-refractivity contribution is -0.142. The lowest BCUT2D eigenvalue weighted by atomic mass is 10.1. The quantitative estimate of drug-likeness (QED) is 0.687. The minimum atomic E-state index is -0.984. The van der Waals surface area contributed by atoms with Crippen molar-refractivity contribution in [2.75, 3.05) is 6.61 Å². The molecule has 22 heavy (non-hydrogen) atoms. The van der Waals surface area contributed by atoms with Crippen LogP contribution >= 0.6 is 0 Å². The molecule has 2 N–H and O–H groups in total. The van der Waals surface area contributed by atoms with E-state index in [4.69, 9.17) is 9.84 Å². The van der Waals surface area contributed by atoms with Crippen molar-refractivity contribution in [3.63, 3.8) is 0 Å². The summed E-state index contributed by atoms with van der Waals surface area (Å²) in [7, 11) is 0. The van der Waals surface area contributed by atoms with Crippen molar-refractivity contribution in [3.8, 4) is 5.75 Å². The molecule has 2 rings (SSSR count). The molecule has 5 nitrogen and oxygen atoms in total. The molecule has 1 unspecified atom stereocenters. The van der Waals surface area contributed by atoms with Gasteiger partial charge in [-0.1, -0.05) is 12.8 Å². The highest BCUT2D eigenvalue weighted by Gasteiger charge is 2.29. The molecule has 0 bridgehead atoms. The summed E-state index contributed by atoms with van der Waals surface area (Å²) < 4.78 is 18.1. The van der Waals surface area contributed by atoms with Gasteiger partial charge < -0.3 is 15.2 Å². The van der Waals surface area contributed by atoms with Crippen LogP contribution in [0.2, 0.25) is 0 Å². The van der Waals surface area contributed by atoms with E-state index in [1.165, 1.54) is 24.3 Å². The van der Waals surface area contributed by atoms with Crippen LogP contribution in [0.4, 0.5) is 4.39 Å². The van der Waals surface area contributed by atoms with Crippen molar-refractivity contribution < 1.29 is 23.8 Å². The lowest BCUT2D eigenvalue weighted by Crippen LogP contribution is -2.41. The zero-order valence-corrected chi connectivity index (χ0v) is 12.3. The molecule has 1 saturated carbocycles. The Bertz CT molecular complexity index is 513. The second-order valence-corrected chi connectivity index (χ2v) is 5.54. The van der Waals surface area contributed by atoms with Gasteiger partial charge in [0.05, 0.1) is 6.61 Å². The number of carboxylic acids is 1. The first-order chi connectivity index (χ1) is 10.5. The van der Waals surface area contributed by atoms with Crippen LogP contribution in [-0.2, 0) is 9.59 Å². The Hall–Kier alpha value is -2.11. The van der Waals surface area contributed by atoms with Crippen molar-refractivity contribution in [1.82, 2.24) is 5.32 Å². The van der Waals surface area contributed by atoms with Crippen LogP contribution in [-0.4, -0.2) is 29.6 Å². The second-order valence-electron chi connectivity index (χ2n) is 5.54. The SMILES string of the molecule is O=C(CCCOc1ccc(F)cc1)NC(CC1CC1)C(=O)O. The number of benzene rings is 1. The molecule has 1 aromatic carbocycles. The lowest BCUT2D eigenvalue weighted by Gasteiger charge is -2.14. The molecule has 1 aromatic rings. The van der Waals surface area contributed by atoms with Crippen LogP contribution < -0.4 is 10.1 Å². The summed E-state index contributed by atoms with van der Waals surface area (Å²) >= 11 is 0. The van der Waals surface area contributed by atoms with Crippen molar-refractivity contribution in [1.29, 1.82) is 0 Å². The van der Waals surface area contributed by atoms with Gasteiger partial charge in [0.15, 0.2) is 0 Å². The summed E-state index contributed by atoms with van der Waals surface area (Å²) in [5, 5.41) is 11.6. The standard InChI is InChI=1S/C16H20FNO4/c17-12-5-7-13(8-6-12)22-9-1-2-15(19)18-14(16(20)21)10-11-3-4-11/h5-8,11,14H,1-4,9-10H2,(H,18,19)(H,20,21). The average molecular weight is 309 g/mol. The van der Waals surface area contributed by atoms with E-state index >= 15 is 0 Å². The Morgan fingerprint density at radius 1 is 1.32 bits per heavy atom. The van der Waals surface area contributed by atoms with E-state index in [0.29, 0.717) is 31.1 Å². The molecule has 1 aliphatic carbocycles. The summed E-state index contributed by atoms with van der Waals surface area (Å²) in [5.41, 5.74) is 0. The molecule has 0 saturated heterocycles. The Labute approximate surface area is 128 Å². The molecule has 0 radical (unpaired) electrons. The van der Waals surface area contributed by atoms with Crippen LogP contribution in [0.3, 0.4) is 0 Å². The van der Waals surface area contributed by atoms with Gasteiger partial charge >= 0.3 is 5.97 Å². The number of carbonyl (C=O) groups excluding carboxylic acids is 1. The van der Waals surface area contributed by atoms with Gasteiger partial charge in [-0.25, -0.2) is 9.18 Å². The van der Waals surface area contributed by atoms with Crippen LogP contribution in [0.25, 0.3) is 0 Å². The number of rotatable bonds is 9. The molecule has 0 heterocycles. The maximum absolute atomic E-state index is 12.7. The minimum Gasteiger partial charge on any atom is -0.494 e. The number of nitrogens with one attached hydrogen (secondary N) is 1. The van der Waals surface area contributed by atoms with Gasteiger partial charge in [0.25, 0.3) is 0 Å². The topological polar surface area (TPSA) is 75.6 Å². The molecule has 0 spiro atoms. The van der Waals surface area contributed by atoms with Crippen LogP contribution in [0.5, 0.6) is 5.75 Å². The Morgan fingerprint density at radius 2 is 2.00 bits per heavy atom. The fraction of sp³-hybridized carbons (Fsp3) is 0.500. The van der Waals surface area contributed by atoms with Gasteiger partial charge in [-0.3, -0.25) is 4.79 Å². The zero-order chi connectivity index (χ0) is 15.9. The van der Waals surface area contributed by atoms with Gasteiger partial charge in [0, 0.05) is 6.42 Å². The fourth-order valence-electron chi connectivity index (χ4n) is 2.13. The third kappa shape index (κ3) is 5.71. The Balaban J connectivity index is 1.64. The predicted molar refractivity (Wildman–Crippen MR) is 78.0 cm³/mol. The number of halogens is 1. The molecule has 0 aromatic heterocycles. The summed E-state index contributed by atoms with van der Waals surface area (Å²) in [4.78, 5) is 22.8. The largest absolute Gasteiger partial charge is 0.494 e. The molecule has 1 atom stereocenters. The maximum atomic E-state index is 12.7. The number of hydrogen-bond acceptors (Lipinski definition) is 3. The summed E-state index contributed by atoms with van der Waals surface area (Å²) in [6, 6.07) is 4.85. The summed E-state index contributed by atoms with van der Waals surface area (Å²) in [6.45, 7) is 0.319. The Morgan fingerprint density at radius 3 is 2.59 bits per heavy atom. The van der Waals surface area contributed by atoms with Gasteiger partial charge in [-0.15, -0.1) is 0 Å². The second kappa shape index (κ2) is 7.77. The first-order valence-electron chi connectivity index (χ1n) is 7.45. The zero-order valence-electron chi connectivity index (χ0n) is 12.3. The highest BCUT2D eigenvalue weighted by Crippen LogP contribution is 2.33. The van der Waals surface area contributed by atoms with E-state index in [1.54, 1.807) is 0 Å². The van der Waals surface area contributed by atoms with E-state index < -0.39 is 12.0 Å². The third-order valence-electron chi connectivity index (χ3n) is 3.53. The van der Waals surface area contributed by atoms with Gasteiger partial charge in [0.1, 0.15) is 17.6 Å². The number of ether oxygens (including phenoxy) is 1. The highest BCUT2D eigenvalue weighted by molar-refractivity contribution is 5.83. The summed E-state index contributed by atoms with van der Waals surface area (Å²) in [5.74, 6) is -0.622. The van der Waals surface area contributed by atoms with Crippen molar-refractivity contribution in [2.45, 2.75) is 38.1 Å². The molecule has 1 amide bonds. The predicted octanol–water partition coefficient (Wildman–Crippen LogP) is 2.35. The monoisotopic (exact) mass is 309 g/mol. The fourth-order valence-corrected chi connectivity index (χ4v) is 2.13. The number of carbonyl (C=O) groups is 2. The molecule has 1 fully saturated rings. The molecular weight excluding hydrogens is 289 g/mol. The Kier molecular flexibility index (Phi) is 5.75. The third-order valence-corrected chi connectivity index (χ3v) is 3.53. The number of aliphatic carboxylic acids is 1. The van der Waals surface area contributed by atoms with Gasteiger partial charge in [-0.2, -0.15) is 0 Å². The minimum absolute atomic E-state index is 0.204. The maximum Gasteiger partial charge on any atom is 0.326 e. The van der Waals surface area contributed by atoms with Crippen LogP contribution in [0, 0.1) is 11.7 Å². The average Bonchev–Trinajstić information content (AvgIpc) is 3.29. The van der Waals surface area contributed by atoms with Gasteiger partial charge in [0.2, 0.25) is 5.91 Å².